The summed E-state index contributed by atoms with van der Waals surface area (Å²) in [6.45, 7) is 3.46. The van der Waals surface area contributed by atoms with Gasteiger partial charge in [-0.1, -0.05) is 6.07 Å². The van der Waals surface area contributed by atoms with Crippen molar-refractivity contribution < 1.29 is 4.39 Å². The number of aromatic nitrogens is 2. The zero-order chi connectivity index (χ0) is 12.3. The molecule has 17 heavy (non-hydrogen) atoms. The van der Waals surface area contributed by atoms with Gasteiger partial charge in [-0.15, -0.1) is 0 Å². The van der Waals surface area contributed by atoms with Crippen LogP contribution in [-0.4, -0.2) is 16.8 Å². The minimum Gasteiger partial charge on any atom is -0.316 e. The zero-order valence-electron chi connectivity index (χ0n) is 10.1. The van der Waals surface area contributed by atoms with Crippen molar-refractivity contribution in [2.24, 2.45) is 0 Å². The summed E-state index contributed by atoms with van der Waals surface area (Å²) < 4.78 is 15.6. The topological polar surface area (TPSA) is 29.9 Å². The molecular formula is C13H16FN3. The van der Waals surface area contributed by atoms with E-state index in [1.807, 2.05) is 26.1 Å². The minimum atomic E-state index is -0.208. The van der Waals surface area contributed by atoms with E-state index in [0.717, 1.165) is 24.3 Å². The first-order valence-corrected chi connectivity index (χ1v) is 5.71. The molecule has 3 nitrogen and oxygen atoms in total. The van der Waals surface area contributed by atoms with Crippen LogP contribution in [0.15, 0.2) is 30.5 Å². The molecule has 0 aliphatic rings. The normalized spacial score (nSPS) is 10.8. The number of rotatable bonds is 4. The number of halogens is 1. The molecule has 1 aromatic heterocycles. The molecule has 0 amide bonds. The van der Waals surface area contributed by atoms with E-state index in [4.69, 9.17) is 0 Å². The van der Waals surface area contributed by atoms with Gasteiger partial charge in [-0.05, 0) is 37.7 Å². The van der Waals surface area contributed by atoms with E-state index in [1.165, 1.54) is 6.07 Å². The molecule has 1 aromatic carbocycles. The average Bonchev–Trinajstić information content (AvgIpc) is 2.80. The van der Waals surface area contributed by atoms with Crippen molar-refractivity contribution >= 4 is 0 Å². The zero-order valence-corrected chi connectivity index (χ0v) is 10.1. The molecule has 0 spiro atoms. The third kappa shape index (κ3) is 2.36. The van der Waals surface area contributed by atoms with Gasteiger partial charge in [0, 0.05) is 24.8 Å². The number of nitrogens with zero attached hydrogens (tertiary/aromatic N) is 2. The molecule has 0 unspecified atom stereocenters. The largest absolute Gasteiger partial charge is 0.316 e. The molecule has 0 atom stereocenters. The van der Waals surface area contributed by atoms with Gasteiger partial charge in [0.2, 0.25) is 0 Å². The van der Waals surface area contributed by atoms with Gasteiger partial charge in [0.1, 0.15) is 5.82 Å². The van der Waals surface area contributed by atoms with E-state index < -0.39 is 0 Å². The summed E-state index contributed by atoms with van der Waals surface area (Å²) in [5.41, 5.74) is 2.49. The Morgan fingerprint density at radius 3 is 2.88 bits per heavy atom. The second kappa shape index (κ2) is 5.10. The van der Waals surface area contributed by atoms with E-state index in [-0.39, 0.29) is 5.82 Å². The molecule has 0 aliphatic heterocycles. The lowest BCUT2D eigenvalue weighted by molar-refractivity contribution is 0.620. The van der Waals surface area contributed by atoms with Gasteiger partial charge in [0.05, 0.1) is 5.69 Å². The SMILES string of the molecule is CCn1nccc1-c1cc(CNC)ccc1F. The lowest BCUT2D eigenvalue weighted by Gasteiger charge is -2.08. The van der Waals surface area contributed by atoms with Crippen molar-refractivity contribution in [3.63, 3.8) is 0 Å². The lowest BCUT2D eigenvalue weighted by atomic mass is 10.1. The highest BCUT2D eigenvalue weighted by Gasteiger charge is 2.10. The third-order valence-electron chi connectivity index (χ3n) is 2.70. The summed E-state index contributed by atoms with van der Waals surface area (Å²) >= 11 is 0. The summed E-state index contributed by atoms with van der Waals surface area (Å²) in [5, 5.41) is 7.22. The van der Waals surface area contributed by atoms with Crippen LogP contribution in [0.1, 0.15) is 12.5 Å². The fraction of sp³-hybridized carbons (Fsp3) is 0.308. The van der Waals surface area contributed by atoms with Crippen LogP contribution >= 0.6 is 0 Å². The van der Waals surface area contributed by atoms with Crippen molar-refractivity contribution in [2.45, 2.75) is 20.0 Å². The van der Waals surface area contributed by atoms with Gasteiger partial charge in [0.25, 0.3) is 0 Å². The van der Waals surface area contributed by atoms with Crippen LogP contribution in [0, 0.1) is 5.82 Å². The fourth-order valence-corrected chi connectivity index (χ4v) is 1.90. The molecule has 90 valence electrons. The highest BCUT2D eigenvalue weighted by Crippen LogP contribution is 2.23. The second-order valence-electron chi connectivity index (χ2n) is 3.88. The maximum absolute atomic E-state index is 13.8. The Morgan fingerprint density at radius 1 is 1.35 bits per heavy atom. The summed E-state index contributed by atoms with van der Waals surface area (Å²) in [7, 11) is 1.87. The quantitative estimate of drug-likeness (QED) is 0.879. The van der Waals surface area contributed by atoms with E-state index in [1.54, 1.807) is 16.9 Å². The van der Waals surface area contributed by atoms with Gasteiger partial charge in [-0.3, -0.25) is 4.68 Å². The van der Waals surface area contributed by atoms with Crippen molar-refractivity contribution in [1.82, 2.24) is 15.1 Å². The van der Waals surface area contributed by atoms with Crippen LogP contribution in [-0.2, 0) is 13.1 Å². The Bertz CT molecular complexity index is 505. The summed E-state index contributed by atoms with van der Waals surface area (Å²) in [5.74, 6) is -0.208. The molecule has 4 heteroatoms. The van der Waals surface area contributed by atoms with Gasteiger partial charge in [-0.2, -0.15) is 5.10 Å². The Kier molecular flexibility index (Phi) is 3.54. The van der Waals surface area contributed by atoms with Crippen molar-refractivity contribution in [3.05, 3.63) is 41.8 Å². The van der Waals surface area contributed by atoms with E-state index in [9.17, 15) is 4.39 Å². The van der Waals surface area contributed by atoms with Crippen LogP contribution in [0.4, 0.5) is 4.39 Å². The molecular weight excluding hydrogens is 217 g/mol. The van der Waals surface area contributed by atoms with E-state index in [2.05, 4.69) is 10.4 Å². The number of nitrogens with one attached hydrogen (secondary N) is 1. The first-order chi connectivity index (χ1) is 8.26. The highest BCUT2D eigenvalue weighted by molar-refractivity contribution is 5.61. The third-order valence-corrected chi connectivity index (χ3v) is 2.70. The standard InChI is InChI=1S/C13H16FN3/c1-3-17-13(6-7-16-17)11-8-10(9-15-2)4-5-12(11)14/h4-8,15H,3,9H2,1-2H3. The summed E-state index contributed by atoms with van der Waals surface area (Å²) in [6.07, 6.45) is 1.70. The van der Waals surface area contributed by atoms with Crippen LogP contribution in [0.3, 0.4) is 0 Å². The molecule has 0 fully saturated rings. The Balaban J connectivity index is 2.46. The highest BCUT2D eigenvalue weighted by atomic mass is 19.1. The van der Waals surface area contributed by atoms with Gasteiger partial charge in [0.15, 0.2) is 0 Å². The molecule has 0 aliphatic carbocycles. The number of hydrogen-bond donors (Lipinski definition) is 1. The molecule has 1 N–H and O–H groups in total. The predicted molar refractivity (Wildman–Crippen MR) is 66.1 cm³/mol. The van der Waals surface area contributed by atoms with E-state index >= 15 is 0 Å². The van der Waals surface area contributed by atoms with Crippen LogP contribution in [0.5, 0.6) is 0 Å². The lowest BCUT2D eigenvalue weighted by Crippen LogP contribution is -2.06. The predicted octanol–water partition coefficient (Wildman–Crippen LogP) is 2.43. The van der Waals surface area contributed by atoms with Crippen molar-refractivity contribution in [1.29, 1.82) is 0 Å². The summed E-state index contributed by atoms with van der Waals surface area (Å²) in [4.78, 5) is 0. The molecule has 1 heterocycles. The van der Waals surface area contributed by atoms with Crippen molar-refractivity contribution in [2.75, 3.05) is 7.05 Å². The van der Waals surface area contributed by atoms with Gasteiger partial charge >= 0.3 is 0 Å². The average molecular weight is 233 g/mol. The number of benzene rings is 1. The maximum Gasteiger partial charge on any atom is 0.132 e. The van der Waals surface area contributed by atoms with Gasteiger partial charge < -0.3 is 5.32 Å². The first-order valence-electron chi connectivity index (χ1n) is 5.71. The minimum absolute atomic E-state index is 0.208. The smallest absolute Gasteiger partial charge is 0.132 e. The first kappa shape index (κ1) is 11.8. The fourth-order valence-electron chi connectivity index (χ4n) is 1.90. The molecule has 0 saturated carbocycles. The summed E-state index contributed by atoms with van der Waals surface area (Å²) in [6, 6.07) is 7.01. The Morgan fingerprint density at radius 2 is 2.18 bits per heavy atom. The Labute approximate surface area is 100 Å². The Hall–Kier alpha value is -1.68. The van der Waals surface area contributed by atoms with Crippen molar-refractivity contribution in [3.8, 4) is 11.3 Å². The maximum atomic E-state index is 13.8. The molecule has 0 bridgehead atoms. The molecule has 2 aromatic rings. The monoisotopic (exact) mass is 233 g/mol. The van der Waals surface area contributed by atoms with Gasteiger partial charge in [-0.25, -0.2) is 4.39 Å². The van der Waals surface area contributed by atoms with E-state index in [0.29, 0.717) is 5.56 Å². The molecule has 0 saturated heterocycles. The number of hydrogen-bond acceptors (Lipinski definition) is 2. The number of aryl methyl sites for hydroxylation is 1. The second-order valence-corrected chi connectivity index (χ2v) is 3.88. The van der Waals surface area contributed by atoms with Crippen LogP contribution in [0.25, 0.3) is 11.3 Å². The molecule has 0 radical (unpaired) electrons. The molecule has 2 rings (SSSR count). The van der Waals surface area contributed by atoms with Crippen LogP contribution < -0.4 is 5.32 Å². The van der Waals surface area contributed by atoms with Crippen LogP contribution in [0.2, 0.25) is 0 Å².